The molecule has 4 aromatic rings. The number of carbonyl (C=O) groups excluding carboxylic acids is 1. The molecular formula is C32H29F5N4O4S. The number of benzene rings is 2. The van der Waals surface area contributed by atoms with Crippen LogP contribution in [0.2, 0.25) is 0 Å². The molecule has 2 fully saturated rings. The summed E-state index contributed by atoms with van der Waals surface area (Å²) in [6.45, 7) is -0.527. The van der Waals surface area contributed by atoms with Crippen molar-refractivity contribution in [2.45, 2.75) is 61.9 Å². The van der Waals surface area contributed by atoms with E-state index in [4.69, 9.17) is 0 Å². The van der Waals surface area contributed by atoms with Crippen LogP contribution in [-0.4, -0.2) is 40.8 Å². The number of amides is 1. The second-order valence-electron chi connectivity index (χ2n) is 11.7. The summed E-state index contributed by atoms with van der Waals surface area (Å²) in [6, 6.07) is 8.48. The lowest BCUT2D eigenvalue weighted by atomic mass is 9.85. The molecule has 242 valence electrons. The van der Waals surface area contributed by atoms with Gasteiger partial charge in [0, 0.05) is 37.1 Å². The van der Waals surface area contributed by atoms with Gasteiger partial charge in [-0.25, -0.2) is 30.4 Å². The molecule has 1 aliphatic heterocycles. The number of anilines is 1. The van der Waals surface area contributed by atoms with Crippen LogP contribution in [0.5, 0.6) is 0 Å². The third kappa shape index (κ3) is 5.46. The third-order valence-corrected chi connectivity index (χ3v) is 10.8. The van der Waals surface area contributed by atoms with Gasteiger partial charge in [-0.2, -0.15) is 4.31 Å². The Bertz CT molecular complexity index is 1990. The normalized spacial score (nSPS) is 17.7. The molecule has 1 saturated heterocycles. The van der Waals surface area contributed by atoms with E-state index in [1.165, 1.54) is 28.0 Å². The number of rotatable bonds is 7. The summed E-state index contributed by atoms with van der Waals surface area (Å²) in [7, 11) is -3.75. The number of hydrogen-bond donors (Lipinski definition) is 0. The average Bonchev–Trinajstić information content (AvgIpc) is 3.03. The molecule has 1 atom stereocenters. The first kappa shape index (κ1) is 31.8. The molecule has 1 amide bonds. The topological polar surface area (TPSA) is 92.6 Å². The van der Waals surface area contributed by atoms with Crippen molar-refractivity contribution in [3.8, 4) is 0 Å². The van der Waals surface area contributed by atoms with E-state index in [2.05, 4.69) is 4.98 Å². The summed E-state index contributed by atoms with van der Waals surface area (Å²) in [6.07, 6.45) is 8.78. The number of hydrogen-bond acceptors (Lipinski definition) is 5. The molecule has 0 radical (unpaired) electrons. The van der Waals surface area contributed by atoms with E-state index in [1.54, 1.807) is 37.6 Å². The first-order valence-electron chi connectivity index (χ1n) is 14.8. The molecule has 2 aromatic carbocycles. The van der Waals surface area contributed by atoms with Crippen LogP contribution in [0, 0.1) is 29.1 Å². The lowest BCUT2D eigenvalue weighted by Crippen LogP contribution is -2.59. The van der Waals surface area contributed by atoms with Crippen LogP contribution in [0.25, 0.3) is 10.8 Å². The Morgan fingerprint density at radius 1 is 0.913 bits per heavy atom. The lowest BCUT2D eigenvalue weighted by Gasteiger charge is -2.41. The van der Waals surface area contributed by atoms with Crippen LogP contribution in [0.1, 0.15) is 55.7 Å². The van der Waals surface area contributed by atoms with E-state index in [0.717, 1.165) is 31.2 Å². The van der Waals surface area contributed by atoms with Crippen LogP contribution in [0.4, 0.5) is 27.6 Å². The monoisotopic (exact) mass is 660 g/mol. The first-order chi connectivity index (χ1) is 21.9. The molecule has 0 spiro atoms. The summed E-state index contributed by atoms with van der Waals surface area (Å²) in [5.41, 5.74) is 1.54. The van der Waals surface area contributed by atoms with Crippen LogP contribution >= 0.6 is 0 Å². The largest absolute Gasteiger partial charge is 0.318 e. The molecule has 6 rings (SSSR count). The average molecular weight is 661 g/mol. The van der Waals surface area contributed by atoms with Crippen LogP contribution in [0.15, 0.2) is 58.5 Å². The van der Waals surface area contributed by atoms with E-state index in [1.807, 2.05) is 6.07 Å². The van der Waals surface area contributed by atoms with Crippen molar-refractivity contribution in [2.75, 3.05) is 11.4 Å². The van der Waals surface area contributed by atoms with Crippen molar-refractivity contribution in [1.82, 2.24) is 13.9 Å². The molecule has 2 aromatic heterocycles. The van der Waals surface area contributed by atoms with Gasteiger partial charge < -0.3 is 9.47 Å². The second kappa shape index (κ2) is 12.2. The number of nitrogens with zero attached hydrogens (tertiary/aromatic N) is 4. The quantitative estimate of drug-likeness (QED) is 0.145. The van der Waals surface area contributed by atoms with Gasteiger partial charge in [-0.15, -0.1) is 0 Å². The van der Waals surface area contributed by atoms with Crippen molar-refractivity contribution < 1.29 is 35.2 Å². The van der Waals surface area contributed by atoms with Gasteiger partial charge in [0.25, 0.3) is 5.56 Å². The number of sulfonamides is 1. The van der Waals surface area contributed by atoms with Gasteiger partial charge in [0.2, 0.25) is 21.7 Å². The molecule has 46 heavy (non-hydrogen) atoms. The fourth-order valence-corrected chi connectivity index (χ4v) is 7.92. The van der Waals surface area contributed by atoms with Gasteiger partial charge in [-0.1, -0.05) is 25.3 Å². The number of carbonyl (C=O) groups is 1. The Balaban J connectivity index is 1.36. The van der Waals surface area contributed by atoms with Gasteiger partial charge >= 0.3 is 0 Å². The fraction of sp³-hybridized carbons (Fsp3) is 0.344. The zero-order valence-electron chi connectivity index (χ0n) is 24.7. The maximum absolute atomic E-state index is 14.6. The maximum Gasteiger partial charge on any atom is 0.258 e. The highest BCUT2D eigenvalue weighted by molar-refractivity contribution is 7.89. The van der Waals surface area contributed by atoms with E-state index >= 15 is 0 Å². The molecule has 0 bridgehead atoms. The minimum atomic E-state index is -5.34. The Morgan fingerprint density at radius 3 is 2.20 bits per heavy atom. The molecule has 3 heterocycles. The molecule has 14 heteroatoms. The number of aryl methyl sites for hydroxylation is 1. The molecule has 8 nitrogen and oxygen atoms in total. The third-order valence-electron chi connectivity index (χ3n) is 8.88. The SMILES string of the molecule is Cn1ccc2cc(N(Cc3ccc(C4CCCCC4)cn3)C(=O)[C@H]3CCN3S(=O)(=O)c3c(F)c(F)c(F)c(F)c3F)ccc2c1=O. The van der Waals surface area contributed by atoms with E-state index in [0.29, 0.717) is 26.7 Å². The zero-order chi connectivity index (χ0) is 32.9. The highest BCUT2D eigenvalue weighted by Gasteiger charge is 2.48. The highest BCUT2D eigenvalue weighted by Crippen LogP contribution is 2.36. The summed E-state index contributed by atoms with van der Waals surface area (Å²) >= 11 is 0. The van der Waals surface area contributed by atoms with Crippen LogP contribution in [-0.2, 0) is 28.4 Å². The van der Waals surface area contributed by atoms with E-state index in [9.17, 15) is 40.0 Å². The fourth-order valence-electron chi connectivity index (χ4n) is 6.17. The number of aromatic nitrogens is 2. The standard InChI is InChI=1S/C32H29F5N4O4S/c1-39-13-11-19-15-22(9-10-23(19)31(39)42)40(17-21-8-7-20(16-38-21)18-5-3-2-4-6-18)32(43)24-12-14-41(24)46(44,45)30-28(36)26(34)25(33)27(35)29(30)37/h7-11,13,15-16,18,24H,2-6,12,14,17H2,1H3/t24-/m1/s1. The first-order valence-corrected chi connectivity index (χ1v) is 16.2. The molecular weight excluding hydrogens is 631 g/mol. The second-order valence-corrected chi connectivity index (χ2v) is 13.5. The predicted octanol–water partition coefficient (Wildman–Crippen LogP) is 5.67. The van der Waals surface area contributed by atoms with E-state index in [-0.39, 0.29) is 24.2 Å². The van der Waals surface area contributed by atoms with Crippen molar-refractivity contribution in [2.24, 2.45) is 7.05 Å². The Hall–Kier alpha value is -4.17. The molecule has 1 aliphatic carbocycles. The lowest BCUT2D eigenvalue weighted by molar-refractivity contribution is -0.125. The van der Waals surface area contributed by atoms with Crippen molar-refractivity contribution in [3.05, 3.63) is 99.5 Å². The van der Waals surface area contributed by atoms with Crippen molar-refractivity contribution in [1.29, 1.82) is 0 Å². The Labute approximate surface area is 261 Å². The molecule has 2 aliphatic rings. The molecule has 0 unspecified atom stereocenters. The van der Waals surface area contributed by atoms with Crippen molar-refractivity contribution in [3.63, 3.8) is 0 Å². The smallest absolute Gasteiger partial charge is 0.258 e. The summed E-state index contributed by atoms with van der Waals surface area (Å²) < 4.78 is 99.1. The van der Waals surface area contributed by atoms with E-state index < -0.39 is 62.5 Å². The number of pyridine rings is 2. The van der Waals surface area contributed by atoms with Gasteiger partial charge in [0.05, 0.1) is 12.2 Å². The van der Waals surface area contributed by atoms with Gasteiger partial charge in [-0.05, 0) is 66.5 Å². The molecule has 1 saturated carbocycles. The summed E-state index contributed by atoms with van der Waals surface area (Å²) in [4.78, 5) is 30.5. The zero-order valence-corrected chi connectivity index (χ0v) is 25.5. The summed E-state index contributed by atoms with van der Waals surface area (Å²) in [5, 5.41) is 0.869. The van der Waals surface area contributed by atoms with Crippen LogP contribution < -0.4 is 10.5 Å². The Kier molecular flexibility index (Phi) is 8.44. The van der Waals surface area contributed by atoms with Gasteiger partial charge in [-0.3, -0.25) is 14.6 Å². The minimum absolute atomic E-state index is 0.0773. The van der Waals surface area contributed by atoms with Crippen LogP contribution in [0.3, 0.4) is 0 Å². The highest BCUT2D eigenvalue weighted by atomic mass is 32.2. The van der Waals surface area contributed by atoms with Crippen molar-refractivity contribution >= 4 is 32.4 Å². The summed E-state index contributed by atoms with van der Waals surface area (Å²) in [5.74, 6) is -12.8. The number of halogens is 5. The van der Waals surface area contributed by atoms with Gasteiger partial charge in [0.1, 0.15) is 6.04 Å². The maximum atomic E-state index is 14.6. The number of fused-ring (bicyclic) bond motifs is 1. The van der Waals surface area contributed by atoms with Gasteiger partial charge in [0.15, 0.2) is 28.2 Å². The Morgan fingerprint density at radius 2 is 1.59 bits per heavy atom. The minimum Gasteiger partial charge on any atom is -0.318 e. The predicted molar refractivity (Wildman–Crippen MR) is 159 cm³/mol. The molecule has 0 N–H and O–H groups in total.